The molecule has 10 heteroatoms. The average Bonchev–Trinajstić information content (AvgIpc) is 2.97. The van der Waals surface area contributed by atoms with Crippen LogP contribution in [0.4, 0.5) is 5.69 Å². The lowest BCUT2D eigenvalue weighted by molar-refractivity contribution is -0.385. The summed E-state index contributed by atoms with van der Waals surface area (Å²) in [6.45, 7) is 3.86. The second kappa shape index (κ2) is 6.54. The molecule has 0 radical (unpaired) electrons. The van der Waals surface area contributed by atoms with Gasteiger partial charge in [-0.05, 0) is 12.1 Å². The number of fused-ring (bicyclic) bond motifs is 1. The highest BCUT2D eigenvalue weighted by atomic mass is 32.2. The zero-order valence-corrected chi connectivity index (χ0v) is 15.6. The van der Waals surface area contributed by atoms with E-state index in [0.29, 0.717) is 20.3 Å². The lowest BCUT2D eigenvalue weighted by Gasteiger charge is -2.10. The summed E-state index contributed by atoms with van der Waals surface area (Å²) in [5.74, 6) is -0.323. The maximum absolute atomic E-state index is 12.5. The van der Waals surface area contributed by atoms with Crippen LogP contribution in [0.5, 0.6) is 0 Å². The molecule has 0 spiro atoms. The molecule has 1 aliphatic rings. The molecule has 0 atom stereocenters. The fourth-order valence-electron chi connectivity index (χ4n) is 2.75. The number of rotatable bonds is 4. The Bertz CT molecular complexity index is 1080. The van der Waals surface area contributed by atoms with Gasteiger partial charge in [-0.1, -0.05) is 30.1 Å². The summed E-state index contributed by atoms with van der Waals surface area (Å²) < 4.78 is 3.12. The summed E-state index contributed by atoms with van der Waals surface area (Å²) in [7, 11) is 3.14. The normalized spacial score (nSPS) is 16.1. The number of aromatic nitrogens is 2. The first-order valence-electron chi connectivity index (χ1n) is 7.46. The average molecular weight is 390 g/mol. The molecule has 1 saturated heterocycles. The molecule has 0 bridgehead atoms. The van der Waals surface area contributed by atoms with E-state index < -0.39 is 4.92 Å². The van der Waals surface area contributed by atoms with E-state index in [0.717, 1.165) is 11.8 Å². The van der Waals surface area contributed by atoms with Gasteiger partial charge in [-0.25, -0.2) is 4.79 Å². The molecule has 0 N–H and O–H groups in total. The van der Waals surface area contributed by atoms with Crippen LogP contribution in [0.2, 0.25) is 0 Å². The molecule has 1 aromatic heterocycles. The van der Waals surface area contributed by atoms with Crippen molar-refractivity contribution in [3.8, 4) is 0 Å². The molecule has 2 aromatic rings. The van der Waals surface area contributed by atoms with E-state index in [-0.39, 0.29) is 29.4 Å². The number of amides is 1. The van der Waals surface area contributed by atoms with Crippen LogP contribution < -0.4 is 5.69 Å². The maximum atomic E-state index is 12.5. The lowest BCUT2D eigenvalue weighted by atomic mass is 10.1. The SMILES string of the molecule is C=CCN1C(=O)/C(=C\c2cc3c(cc2[N+](=O)[O-])n(C)c(=O)n3C)SC1=S. The van der Waals surface area contributed by atoms with Crippen molar-refractivity contribution in [2.24, 2.45) is 14.1 Å². The molecule has 0 unspecified atom stereocenters. The molecular weight excluding hydrogens is 376 g/mol. The van der Waals surface area contributed by atoms with Gasteiger partial charge in [0.15, 0.2) is 0 Å². The molecule has 0 saturated carbocycles. The summed E-state index contributed by atoms with van der Waals surface area (Å²) in [6, 6.07) is 2.88. The number of thioether (sulfide) groups is 1. The summed E-state index contributed by atoms with van der Waals surface area (Å²) in [6.07, 6.45) is 3.00. The zero-order valence-electron chi connectivity index (χ0n) is 14.0. The number of benzene rings is 1. The largest absolute Gasteiger partial charge is 0.328 e. The number of aryl methyl sites for hydroxylation is 2. The van der Waals surface area contributed by atoms with Gasteiger partial charge in [0, 0.05) is 26.7 Å². The van der Waals surface area contributed by atoms with E-state index in [1.165, 1.54) is 32.2 Å². The number of nitrogens with zero attached hydrogens (tertiary/aromatic N) is 4. The summed E-state index contributed by atoms with van der Waals surface area (Å²) in [5.41, 5.74) is 0.746. The third kappa shape index (κ3) is 2.76. The van der Waals surface area contributed by atoms with Gasteiger partial charge < -0.3 is 0 Å². The van der Waals surface area contributed by atoms with Gasteiger partial charge in [-0.15, -0.1) is 6.58 Å². The number of carbonyl (C=O) groups excluding carboxylic acids is 1. The standard InChI is InChI=1S/C16H14N4O4S2/c1-4-5-19-14(21)13(26-16(19)25)7-9-6-11-12(8-10(9)20(23)24)18(3)15(22)17(11)2/h4,6-8H,1,5H2,2-3H3/b13-7+. The molecule has 8 nitrogen and oxygen atoms in total. The zero-order chi connectivity index (χ0) is 19.2. The number of hydrogen-bond acceptors (Lipinski definition) is 6. The Balaban J connectivity index is 2.20. The van der Waals surface area contributed by atoms with E-state index in [1.54, 1.807) is 20.2 Å². The van der Waals surface area contributed by atoms with Crippen molar-refractivity contribution in [2.75, 3.05) is 6.54 Å². The molecule has 1 fully saturated rings. The fourth-order valence-corrected chi connectivity index (χ4v) is 4.02. The number of carbonyl (C=O) groups is 1. The van der Waals surface area contributed by atoms with Gasteiger partial charge in [0.05, 0.1) is 26.4 Å². The fraction of sp³-hybridized carbons (Fsp3) is 0.188. The molecule has 0 aliphatic carbocycles. The van der Waals surface area contributed by atoms with Crippen LogP contribution in [0, 0.1) is 10.1 Å². The third-order valence-corrected chi connectivity index (χ3v) is 5.47. The third-order valence-electron chi connectivity index (χ3n) is 4.09. The Morgan fingerprint density at radius 2 is 1.88 bits per heavy atom. The summed E-state index contributed by atoms with van der Waals surface area (Å²) in [5, 5.41) is 11.5. The molecule has 1 amide bonds. The Kier molecular flexibility index (Phi) is 4.55. The highest BCUT2D eigenvalue weighted by molar-refractivity contribution is 8.26. The molecular formula is C16H14N4O4S2. The minimum atomic E-state index is -0.534. The van der Waals surface area contributed by atoms with Gasteiger partial charge in [-0.2, -0.15) is 0 Å². The van der Waals surface area contributed by atoms with Crippen molar-refractivity contribution < 1.29 is 9.72 Å². The Labute approximate surface area is 157 Å². The Morgan fingerprint density at radius 1 is 1.27 bits per heavy atom. The summed E-state index contributed by atoms with van der Waals surface area (Å²) >= 11 is 6.26. The smallest absolute Gasteiger partial charge is 0.295 e. The van der Waals surface area contributed by atoms with Crippen LogP contribution in [0.1, 0.15) is 5.56 Å². The van der Waals surface area contributed by atoms with Crippen molar-refractivity contribution in [1.82, 2.24) is 14.0 Å². The van der Waals surface area contributed by atoms with Crippen molar-refractivity contribution in [1.29, 1.82) is 0 Å². The number of nitro groups is 1. The second-order valence-corrected chi connectivity index (χ2v) is 7.31. The maximum Gasteiger partial charge on any atom is 0.328 e. The minimum absolute atomic E-state index is 0.187. The minimum Gasteiger partial charge on any atom is -0.295 e. The van der Waals surface area contributed by atoms with Gasteiger partial charge in [0.25, 0.3) is 11.6 Å². The van der Waals surface area contributed by atoms with E-state index in [1.807, 2.05) is 0 Å². The van der Waals surface area contributed by atoms with Crippen LogP contribution in [-0.4, -0.2) is 35.7 Å². The quantitative estimate of drug-likeness (QED) is 0.261. The first-order valence-corrected chi connectivity index (χ1v) is 8.68. The number of hydrogen-bond donors (Lipinski definition) is 0. The molecule has 134 valence electrons. The monoisotopic (exact) mass is 390 g/mol. The Morgan fingerprint density at radius 3 is 2.46 bits per heavy atom. The van der Waals surface area contributed by atoms with Crippen molar-refractivity contribution >= 4 is 57.0 Å². The molecule has 26 heavy (non-hydrogen) atoms. The van der Waals surface area contributed by atoms with E-state index in [2.05, 4.69) is 6.58 Å². The summed E-state index contributed by atoms with van der Waals surface area (Å²) in [4.78, 5) is 37.2. The van der Waals surface area contributed by atoms with Gasteiger partial charge in [0.2, 0.25) is 0 Å². The molecule has 2 heterocycles. The number of nitro benzene ring substituents is 1. The van der Waals surface area contributed by atoms with Crippen molar-refractivity contribution in [3.63, 3.8) is 0 Å². The van der Waals surface area contributed by atoms with Crippen molar-refractivity contribution in [2.45, 2.75) is 0 Å². The van der Waals surface area contributed by atoms with Crippen LogP contribution in [-0.2, 0) is 18.9 Å². The van der Waals surface area contributed by atoms with Crippen LogP contribution in [0.15, 0.2) is 34.5 Å². The predicted octanol–water partition coefficient (Wildman–Crippen LogP) is 2.17. The lowest BCUT2D eigenvalue weighted by Crippen LogP contribution is -2.27. The van der Waals surface area contributed by atoms with Gasteiger partial charge in [0.1, 0.15) is 4.32 Å². The first-order chi connectivity index (χ1) is 12.3. The highest BCUT2D eigenvalue weighted by Gasteiger charge is 2.32. The number of imidazole rings is 1. The topological polar surface area (TPSA) is 90.4 Å². The van der Waals surface area contributed by atoms with Crippen molar-refractivity contribution in [3.05, 3.63) is 55.9 Å². The van der Waals surface area contributed by atoms with Crippen LogP contribution >= 0.6 is 24.0 Å². The number of thiocarbonyl (C=S) groups is 1. The molecule has 3 rings (SSSR count). The van der Waals surface area contributed by atoms with E-state index in [9.17, 15) is 19.7 Å². The first kappa shape index (κ1) is 18.1. The highest BCUT2D eigenvalue weighted by Crippen LogP contribution is 2.35. The van der Waals surface area contributed by atoms with Crippen LogP contribution in [0.25, 0.3) is 17.1 Å². The molecule has 1 aromatic carbocycles. The Hall–Kier alpha value is -2.72. The van der Waals surface area contributed by atoms with E-state index >= 15 is 0 Å². The van der Waals surface area contributed by atoms with Crippen LogP contribution in [0.3, 0.4) is 0 Å². The molecule has 1 aliphatic heterocycles. The van der Waals surface area contributed by atoms with Gasteiger partial charge in [-0.3, -0.25) is 28.9 Å². The van der Waals surface area contributed by atoms with Gasteiger partial charge >= 0.3 is 5.69 Å². The van der Waals surface area contributed by atoms with E-state index in [4.69, 9.17) is 12.2 Å². The predicted molar refractivity (Wildman–Crippen MR) is 105 cm³/mol. The second-order valence-electron chi connectivity index (χ2n) is 5.64.